The van der Waals surface area contributed by atoms with Crippen LogP contribution in [0.4, 0.5) is 0 Å². The SMILES string of the molecule is Cc1oc(CNC2CCN(C3CC3)C2)cc1C(=O)O. The van der Waals surface area contributed by atoms with E-state index in [0.717, 1.165) is 12.6 Å². The van der Waals surface area contributed by atoms with E-state index in [1.165, 1.54) is 25.8 Å². The summed E-state index contributed by atoms with van der Waals surface area (Å²) in [5.41, 5.74) is 0.267. The molecular formula is C14H20N2O3. The van der Waals surface area contributed by atoms with Crippen LogP contribution in [-0.4, -0.2) is 41.1 Å². The summed E-state index contributed by atoms with van der Waals surface area (Å²) in [6.45, 7) is 4.59. The second-order valence-electron chi connectivity index (χ2n) is 5.58. The molecule has 1 unspecified atom stereocenters. The third-order valence-electron chi connectivity index (χ3n) is 4.05. The first kappa shape index (κ1) is 12.7. The van der Waals surface area contributed by atoms with Crippen molar-refractivity contribution >= 4 is 5.97 Å². The summed E-state index contributed by atoms with van der Waals surface area (Å²) in [6, 6.07) is 2.95. The van der Waals surface area contributed by atoms with Crippen LogP contribution in [0, 0.1) is 6.92 Å². The summed E-state index contributed by atoms with van der Waals surface area (Å²) in [5.74, 6) is 0.267. The van der Waals surface area contributed by atoms with Crippen molar-refractivity contribution in [3.63, 3.8) is 0 Å². The number of aryl methyl sites for hydroxylation is 1. The molecule has 2 aliphatic rings. The van der Waals surface area contributed by atoms with E-state index in [1.807, 2.05) is 0 Å². The maximum Gasteiger partial charge on any atom is 0.339 e. The zero-order chi connectivity index (χ0) is 13.4. The molecule has 0 amide bonds. The van der Waals surface area contributed by atoms with Crippen molar-refractivity contribution in [3.05, 3.63) is 23.2 Å². The topological polar surface area (TPSA) is 65.7 Å². The molecule has 5 heteroatoms. The van der Waals surface area contributed by atoms with Crippen molar-refractivity contribution in [1.29, 1.82) is 0 Å². The number of carboxylic acids is 1. The molecule has 0 bridgehead atoms. The molecule has 19 heavy (non-hydrogen) atoms. The molecule has 1 atom stereocenters. The van der Waals surface area contributed by atoms with Crippen molar-refractivity contribution in [2.24, 2.45) is 0 Å². The average Bonchev–Trinajstić information content (AvgIpc) is 2.98. The molecule has 1 aliphatic heterocycles. The minimum absolute atomic E-state index is 0.267. The molecule has 0 aromatic carbocycles. The van der Waals surface area contributed by atoms with E-state index in [4.69, 9.17) is 9.52 Å². The Balaban J connectivity index is 1.52. The van der Waals surface area contributed by atoms with Gasteiger partial charge < -0.3 is 14.8 Å². The van der Waals surface area contributed by atoms with Crippen LogP contribution in [0.15, 0.2) is 10.5 Å². The van der Waals surface area contributed by atoms with Crippen molar-refractivity contribution in [2.45, 2.75) is 44.8 Å². The monoisotopic (exact) mass is 264 g/mol. The Morgan fingerprint density at radius 2 is 2.32 bits per heavy atom. The predicted octanol–water partition coefficient (Wildman–Crippen LogP) is 1.61. The van der Waals surface area contributed by atoms with Crippen LogP contribution < -0.4 is 5.32 Å². The van der Waals surface area contributed by atoms with Crippen LogP contribution in [0.2, 0.25) is 0 Å². The van der Waals surface area contributed by atoms with Gasteiger partial charge >= 0.3 is 5.97 Å². The molecule has 1 saturated carbocycles. The van der Waals surface area contributed by atoms with Gasteiger partial charge in [0.15, 0.2) is 0 Å². The number of likely N-dealkylation sites (tertiary alicyclic amines) is 1. The summed E-state index contributed by atoms with van der Waals surface area (Å²) in [6.07, 6.45) is 3.88. The lowest BCUT2D eigenvalue weighted by Gasteiger charge is -2.15. The molecule has 2 fully saturated rings. The first-order valence-electron chi connectivity index (χ1n) is 6.93. The van der Waals surface area contributed by atoms with E-state index < -0.39 is 5.97 Å². The average molecular weight is 264 g/mol. The highest BCUT2D eigenvalue weighted by atomic mass is 16.4. The highest BCUT2D eigenvalue weighted by Crippen LogP contribution is 2.29. The van der Waals surface area contributed by atoms with E-state index in [-0.39, 0.29) is 5.56 Å². The Hall–Kier alpha value is -1.33. The van der Waals surface area contributed by atoms with Gasteiger partial charge in [-0.05, 0) is 32.3 Å². The highest BCUT2D eigenvalue weighted by molar-refractivity contribution is 5.88. The quantitative estimate of drug-likeness (QED) is 0.846. The third-order valence-corrected chi connectivity index (χ3v) is 4.05. The van der Waals surface area contributed by atoms with Crippen molar-refractivity contribution in [2.75, 3.05) is 13.1 Å². The Kier molecular flexibility index (Phi) is 3.33. The summed E-state index contributed by atoms with van der Waals surface area (Å²) < 4.78 is 5.47. The van der Waals surface area contributed by atoms with E-state index >= 15 is 0 Å². The molecule has 2 heterocycles. The number of rotatable bonds is 5. The summed E-state index contributed by atoms with van der Waals surface area (Å²) in [4.78, 5) is 13.5. The first-order chi connectivity index (χ1) is 9.13. The Labute approximate surface area is 112 Å². The van der Waals surface area contributed by atoms with Crippen LogP contribution in [-0.2, 0) is 6.54 Å². The number of aromatic carboxylic acids is 1. The van der Waals surface area contributed by atoms with Gasteiger partial charge in [0.2, 0.25) is 0 Å². The second-order valence-corrected chi connectivity index (χ2v) is 5.58. The molecule has 1 aliphatic carbocycles. The summed E-state index contributed by atoms with van der Waals surface area (Å²) >= 11 is 0. The largest absolute Gasteiger partial charge is 0.478 e. The fourth-order valence-corrected chi connectivity index (χ4v) is 2.81. The van der Waals surface area contributed by atoms with Crippen LogP contribution in [0.25, 0.3) is 0 Å². The maximum atomic E-state index is 10.9. The number of carbonyl (C=O) groups is 1. The molecule has 1 aromatic rings. The van der Waals surface area contributed by atoms with E-state index in [1.54, 1.807) is 13.0 Å². The number of furan rings is 1. The van der Waals surface area contributed by atoms with Gasteiger partial charge in [-0.3, -0.25) is 4.90 Å². The summed E-state index contributed by atoms with van der Waals surface area (Å²) in [7, 11) is 0. The molecular weight excluding hydrogens is 244 g/mol. The lowest BCUT2D eigenvalue weighted by Crippen LogP contribution is -2.32. The van der Waals surface area contributed by atoms with E-state index in [2.05, 4.69) is 10.2 Å². The predicted molar refractivity (Wildman–Crippen MR) is 70.2 cm³/mol. The zero-order valence-corrected chi connectivity index (χ0v) is 11.2. The second kappa shape index (κ2) is 4.98. The zero-order valence-electron chi connectivity index (χ0n) is 11.2. The fourth-order valence-electron chi connectivity index (χ4n) is 2.81. The molecule has 2 N–H and O–H groups in total. The first-order valence-corrected chi connectivity index (χ1v) is 6.93. The number of hydrogen-bond donors (Lipinski definition) is 2. The van der Waals surface area contributed by atoms with Crippen LogP contribution >= 0.6 is 0 Å². The molecule has 1 saturated heterocycles. The van der Waals surface area contributed by atoms with E-state index in [0.29, 0.717) is 24.1 Å². The van der Waals surface area contributed by atoms with Gasteiger partial charge in [0, 0.05) is 25.2 Å². The van der Waals surface area contributed by atoms with E-state index in [9.17, 15) is 4.79 Å². The van der Waals surface area contributed by atoms with Crippen LogP contribution in [0.5, 0.6) is 0 Å². The van der Waals surface area contributed by atoms with Crippen LogP contribution in [0.3, 0.4) is 0 Å². The lowest BCUT2D eigenvalue weighted by molar-refractivity contribution is 0.0695. The maximum absolute atomic E-state index is 10.9. The molecule has 5 nitrogen and oxygen atoms in total. The summed E-state index contributed by atoms with van der Waals surface area (Å²) in [5, 5.41) is 12.4. The minimum atomic E-state index is -0.923. The van der Waals surface area contributed by atoms with Gasteiger partial charge in [-0.15, -0.1) is 0 Å². The lowest BCUT2D eigenvalue weighted by atomic mass is 10.2. The van der Waals surface area contributed by atoms with Gasteiger partial charge in [-0.2, -0.15) is 0 Å². The van der Waals surface area contributed by atoms with Gasteiger partial charge in [0.25, 0.3) is 0 Å². The number of hydrogen-bond acceptors (Lipinski definition) is 4. The molecule has 0 radical (unpaired) electrons. The highest BCUT2D eigenvalue weighted by Gasteiger charge is 2.34. The Bertz CT molecular complexity index is 479. The van der Waals surface area contributed by atoms with Gasteiger partial charge in [-0.25, -0.2) is 4.79 Å². The van der Waals surface area contributed by atoms with Gasteiger partial charge in [-0.1, -0.05) is 0 Å². The Morgan fingerprint density at radius 1 is 1.53 bits per heavy atom. The fraction of sp³-hybridized carbons (Fsp3) is 0.643. The third kappa shape index (κ3) is 2.82. The number of nitrogens with zero attached hydrogens (tertiary/aromatic N) is 1. The van der Waals surface area contributed by atoms with Gasteiger partial charge in [0.05, 0.1) is 6.54 Å². The molecule has 104 valence electrons. The minimum Gasteiger partial charge on any atom is -0.478 e. The molecule has 3 rings (SSSR count). The van der Waals surface area contributed by atoms with Crippen molar-refractivity contribution in [1.82, 2.24) is 10.2 Å². The van der Waals surface area contributed by atoms with Crippen molar-refractivity contribution < 1.29 is 14.3 Å². The van der Waals surface area contributed by atoms with Gasteiger partial charge in [0.1, 0.15) is 17.1 Å². The number of carboxylic acid groups (broad SMARTS) is 1. The molecule has 0 spiro atoms. The van der Waals surface area contributed by atoms with Crippen LogP contribution in [0.1, 0.15) is 41.1 Å². The standard InChI is InChI=1S/C14H20N2O3/c1-9-13(14(17)18)6-12(19-9)7-15-10-4-5-16(8-10)11-2-3-11/h6,10-11,15H,2-5,7-8H2,1H3,(H,17,18). The number of nitrogens with one attached hydrogen (secondary N) is 1. The van der Waals surface area contributed by atoms with Crippen molar-refractivity contribution in [3.8, 4) is 0 Å². The Morgan fingerprint density at radius 3 is 2.95 bits per heavy atom. The smallest absolute Gasteiger partial charge is 0.339 e. The molecule has 1 aromatic heterocycles. The normalized spacial score (nSPS) is 23.9.